The van der Waals surface area contributed by atoms with Crippen molar-refractivity contribution >= 4 is 11.9 Å². The molecule has 1 aliphatic carbocycles. The van der Waals surface area contributed by atoms with Crippen LogP contribution in [0.2, 0.25) is 0 Å². The summed E-state index contributed by atoms with van der Waals surface area (Å²) in [5, 5.41) is 0. The van der Waals surface area contributed by atoms with Crippen molar-refractivity contribution < 1.29 is 14.3 Å². The van der Waals surface area contributed by atoms with Crippen molar-refractivity contribution in [2.24, 2.45) is 17.8 Å². The maximum Gasteiger partial charge on any atom is 0.311 e. The number of hydrogen-bond acceptors (Lipinski definition) is 3. The molecule has 4 nitrogen and oxygen atoms in total. The Kier molecular flexibility index (Phi) is 4.99. The molecule has 1 aromatic rings. The molecule has 1 heterocycles. The lowest BCUT2D eigenvalue weighted by atomic mass is 9.75. The van der Waals surface area contributed by atoms with Crippen molar-refractivity contribution in [1.29, 1.82) is 0 Å². The van der Waals surface area contributed by atoms with Crippen molar-refractivity contribution in [3.05, 3.63) is 35.9 Å². The third-order valence-electron chi connectivity index (χ3n) is 5.33. The lowest BCUT2D eigenvalue weighted by Crippen LogP contribution is -2.33. The molecule has 23 heavy (non-hydrogen) atoms. The molecule has 0 spiro atoms. The molecule has 124 valence electrons. The first-order valence-corrected chi connectivity index (χ1v) is 8.61. The van der Waals surface area contributed by atoms with E-state index in [-0.39, 0.29) is 23.7 Å². The van der Waals surface area contributed by atoms with Crippen LogP contribution in [-0.2, 0) is 20.9 Å². The molecule has 0 N–H and O–H groups in total. The van der Waals surface area contributed by atoms with E-state index in [2.05, 4.69) is 0 Å². The number of ether oxygens (including phenoxy) is 1. The molecule has 0 bridgehead atoms. The minimum atomic E-state index is -0.306. The molecule has 1 aromatic carbocycles. The number of likely N-dealkylation sites (tertiary alicyclic amines) is 1. The fraction of sp³-hybridized carbons (Fsp3) is 0.579. The Morgan fingerprint density at radius 1 is 1.17 bits per heavy atom. The van der Waals surface area contributed by atoms with Crippen LogP contribution < -0.4 is 0 Å². The molecule has 3 rings (SSSR count). The van der Waals surface area contributed by atoms with E-state index in [0.29, 0.717) is 19.0 Å². The molecule has 0 aromatic heterocycles. The quantitative estimate of drug-likeness (QED) is 0.802. The van der Waals surface area contributed by atoms with Crippen LogP contribution in [0.15, 0.2) is 30.3 Å². The fourth-order valence-corrected chi connectivity index (χ4v) is 4.17. The number of nitrogens with zero attached hydrogens (tertiary/aromatic N) is 1. The second-order valence-corrected chi connectivity index (χ2v) is 6.76. The van der Waals surface area contributed by atoms with Gasteiger partial charge in [0.25, 0.3) is 0 Å². The lowest BCUT2D eigenvalue weighted by molar-refractivity contribution is -0.148. The van der Waals surface area contributed by atoms with Crippen LogP contribution in [0.3, 0.4) is 0 Å². The summed E-state index contributed by atoms with van der Waals surface area (Å²) in [6.07, 6.45) is 5.70. The lowest BCUT2D eigenvalue weighted by Gasteiger charge is -2.28. The van der Waals surface area contributed by atoms with Crippen molar-refractivity contribution in [3.8, 4) is 0 Å². The summed E-state index contributed by atoms with van der Waals surface area (Å²) in [4.78, 5) is 27.0. The van der Waals surface area contributed by atoms with Crippen molar-refractivity contribution in [2.45, 2.75) is 38.6 Å². The van der Waals surface area contributed by atoms with Gasteiger partial charge in [0.05, 0.1) is 18.9 Å². The van der Waals surface area contributed by atoms with Crippen molar-refractivity contribution in [1.82, 2.24) is 4.90 Å². The molecule has 2 atom stereocenters. The Bertz CT molecular complexity index is 551. The monoisotopic (exact) mass is 315 g/mol. The highest BCUT2D eigenvalue weighted by Crippen LogP contribution is 2.40. The van der Waals surface area contributed by atoms with Crippen LogP contribution in [0.1, 0.15) is 37.7 Å². The second-order valence-electron chi connectivity index (χ2n) is 6.76. The van der Waals surface area contributed by atoms with Crippen LogP contribution in [0, 0.1) is 17.8 Å². The summed E-state index contributed by atoms with van der Waals surface area (Å²) < 4.78 is 4.98. The number of amides is 1. The maximum atomic E-state index is 13.0. The van der Waals surface area contributed by atoms with E-state index in [1.165, 1.54) is 26.4 Å². The SMILES string of the molecule is COC(=O)[C@H]1CN(Cc2ccccc2)C(=O)[C@@H]1C1CCCCC1. The van der Waals surface area contributed by atoms with Crippen LogP contribution in [0.25, 0.3) is 0 Å². The highest BCUT2D eigenvalue weighted by molar-refractivity contribution is 5.89. The van der Waals surface area contributed by atoms with E-state index in [1.807, 2.05) is 35.2 Å². The molecule has 1 saturated carbocycles. The molecule has 0 radical (unpaired) electrons. The van der Waals surface area contributed by atoms with Gasteiger partial charge in [-0.05, 0) is 24.3 Å². The maximum absolute atomic E-state index is 13.0. The molecule has 1 aliphatic heterocycles. The third kappa shape index (κ3) is 3.41. The standard InChI is InChI=1S/C19H25NO3/c1-23-19(22)16-13-20(12-14-8-4-2-5-9-14)18(21)17(16)15-10-6-3-7-11-15/h2,4-5,8-9,15-17H,3,6-7,10-13H2,1H3/t16-,17+/m0/s1. The first kappa shape index (κ1) is 16.0. The van der Waals surface area contributed by atoms with Crippen LogP contribution in [0.4, 0.5) is 0 Å². The minimum absolute atomic E-state index is 0.135. The van der Waals surface area contributed by atoms with Crippen LogP contribution in [0.5, 0.6) is 0 Å². The van der Waals surface area contributed by atoms with Crippen LogP contribution >= 0.6 is 0 Å². The normalized spacial score (nSPS) is 25.6. The first-order valence-electron chi connectivity index (χ1n) is 8.61. The summed E-state index contributed by atoms with van der Waals surface area (Å²) in [7, 11) is 1.42. The van der Waals surface area contributed by atoms with Gasteiger partial charge >= 0.3 is 5.97 Å². The molecule has 1 saturated heterocycles. The number of hydrogen-bond donors (Lipinski definition) is 0. The summed E-state index contributed by atoms with van der Waals surface area (Å²) in [6, 6.07) is 9.97. The predicted molar refractivity (Wildman–Crippen MR) is 87.4 cm³/mol. The molecule has 0 unspecified atom stereocenters. The van der Waals surface area contributed by atoms with E-state index in [1.54, 1.807) is 0 Å². The van der Waals surface area contributed by atoms with Crippen molar-refractivity contribution in [2.75, 3.05) is 13.7 Å². The minimum Gasteiger partial charge on any atom is -0.469 e. The van der Waals surface area contributed by atoms with Gasteiger partial charge in [-0.1, -0.05) is 49.6 Å². The first-order chi connectivity index (χ1) is 11.2. The third-order valence-corrected chi connectivity index (χ3v) is 5.33. The van der Waals surface area contributed by atoms with Gasteiger partial charge in [-0.2, -0.15) is 0 Å². The van der Waals surface area contributed by atoms with Gasteiger partial charge in [0, 0.05) is 13.1 Å². The van der Waals surface area contributed by atoms with Gasteiger partial charge in [-0.25, -0.2) is 0 Å². The zero-order chi connectivity index (χ0) is 16.2. The smallest absolute Gasteiger partial charge is 0.311 e. The van der Waals surface area contributed by atoms with E-state index >= 15 is 0 Å². The summed E-state index contributed by atoms with van der Waals surface area (Å²) in [6.45, 7) is 1.07. The highest BCUT2D eigenvalue weighted by Gasteiger charge is 2.48. The van der Waals surface area contributed by atoms with Gasteiger partial charge in [-0.3, -0.25) is 9.59 Å². The van der Waals surface area contributed by atoms with E-state index < -0.39 is 0 Å². The Morgan fingerprint density at radius 3 is 2.52 bits per heavy atom. The van der Waals surface area contributed by atoms with Gasteiger partial charge in [-0.15, -0.1) is 0 Å². The molecule has 1 amide bonds. The Balaban J connectivity index is 1.78. The number of methoxy groups -OCH3 is 1. The summed E-state index contributed by atoms with van der Waals surface area (Å²) in [5.41, 5.74) is 1.11. The zero-order valence-corrected chi connectivity index (χ0v) is 13.7. The van der Waals surface area contributed by atoms with E-state index in [9.17, 15) is 9.59 Å². The average molecular weight is 315 g/mol. The van der Waals surface area contributed by atoms with Gasteiger partial charge in [0.2, 0.25) is 5.91 Å². The molecule has 2 aliphatic rings. The highest BCUT2D eigenvalue weighted by atomic mass is 16.5. The predicted octanol–water partition coefficient (Wildman–Crippen LogP) is 3.01. The van der Waals surface area contributed by atoms with Crippen LogP contribution in [-0.4, -0.2) is 30.4 Å². The Hall–Kier alpha value is -1.84. The van der Waals surface area contributed by atoms with E-state index in [0.717, 1.165) is 18.4 Å². The molecular formula is C19H25NO3. The second kappa shape index (κ2) is 7.16. The number of benzene rings is 1. The average Bonchev–Trinajstić information content (AvgIpc) is 2.92. The van der Waals surface area contributed by atoms with Gasteiger partial charge < -0.3 is 9.64 Å². The number of carbonyl (C=O) groups excluding carboxylic acids is 2. The largest absolute Gasteiger partial charge is 0.469 e. The Labute approximate surface area is 137 Å². The number of rotatable bonds is 4. The van der Waals surface area contributed by atoms with Gasteiger partial charge in [0.15, 0.2) is 0 Å². The molecule has 2 fully saturated rings. The fourth-order valence-electron chi connectivity index (χ4n) is 4.17. The molecular weight excluding hydrogens is 290 g/mol. The van der Waals surface area contributed by atoms with E-state index in [4.69, 9.17) is 4.74 Å². The Morgan fingerprint density at radius 2 is 1.87 bits per heavy atom. The number of carbonyl (C=O) groups is 2. The topological polar surface area (TPSA) is 46.6 Å². The van der Waals surface area contributed by atoms with Gasteiger partial charge in [0.1, 0.15) is 0 Å². The zero-order valence-electron chi connectivity index (χ0n) is 13.7. The van der Waals surface area contributed by atoms with Crippen molar-refractivity contribution in [3.63, 3.8) is 0 Å². The number of esters is 1. The summed E-state index contributed by atoms with van der Waals surface area (Å²) >= 11 is 0. The molecule has 4 heteroatoms. The summed E-state index contributed by atoms with van der Waals surface area (Å²) in [5.74, 6) is -0.257.